The average molecular weight is 319 g/mol. The summed E-state index contributed by atoms with van der Waals surface area (Å²) >= 11 is 17.0. The molecule has 0 aromatic heterocycles. The molecule has 8 heteroatoms. The molecule has 0 fully saturated rings. The van der Waals surface area contributed by atoms with E-state index in [1.165, 1.54) is 19.1 Å². The van der Waals surface area contributed by atoms with Gasteiger partial charge in [-0.1, -0.05) is 23.2 Å². The summed E-state index contributed by atoms with van der Waals surface area (Å²) in [5, 5.41) is 1.39. The molecule has 1 amide bonds. The molecule has 18 heavy (non-hydrogen) atoms. The zero-order valence-electron chi connectivity index (χ0n) is 9.02. The zero-order valence-corrected chi connectivity index (χ0v) is 11.3. The molecular weight excluding hydrogens is 310 g/mol. The predicted octanol–water partition coefficient (Wildman–Crippen LogP) is 4.16. The first-order valence-corrected chi connectivity index (χ1v) is 5.89. The second kappa shape index (κ2) is 6.41. The van der Waals surface area contributed by atoms with Gasteiger partial charge in [-0.3, -0.25) is 4.79 Å². The second-order valence-electron chi connectivity index (χ2n) is 3.25. The number of ether oxygens (including phenoxy) is 1. The number of benzene rings is 1. The Morgan fingerprint density at radius 1 is 1.33 bits per heavy atom. The minimum absolute atomic E-state index is 0.139. The Bertz CT molecular complexity index is 432. The molecule has 1 unspecified atom stereocenters. The van der Waals surface area contributed by atoms with Crippen LogP contribution >= 0.6 is 34.8 Å². The number of hydrogen-bond acceptors (Lipinski definition) is 2. The normalized spacial score (nSPS) is 12.4. The first-order chi connectivity index (χ1) is 8.31. The number of halogens is 5. The maximum atomic E-state index is 12.1. The van der Waals surface area contributed by atoms with Gasteiger partial charge in [0.1, 0.15) is 5.38 Å². The Kier molecular flexibility index (Phi) is 5.44. The lowest BCUT2D eigenvalue weighted by Gasteiger charge is -2.12. The topological polar surface area (TPSA) is 38.3 Å². The molecular formula is C10H8Cl3F2NO2. The monoisotopic (exact) mass is 317 g/mol. The molecule has 100 valence electrons. The van der Waals surface area contributed by atoms with E-state index in [4.69, 9.17) is 34.8 Å². The van der Waals surface area contributed by atoms with Crippen LogP contribution in [-0.4, -0.2) is 17.9 Å². The largest absolute Gasteiger partial charge is 0.432 e. The van der Waals surface area contributed by atoms with Crippen LogP contribution in [0.3, 0.4) is 0 Å². The van der Waals surface area contributed by atoms with E-state index in [1.54, 1.807) is 0 Å². The van der Waals surface area contributed by atoms with E-state index in [0.29, 0.717) is 0 Å². The van der Waals surface area contributed by atoms with Crippen molar-refractivity contribution in [2.45, 2.75) is 18.9 Å². The van der Waals surface area contributed by atoms with E-state index in [2.05, 4.69) is 10.1 Å². The van der Waals surface area contributed by atoms with E-state index < -0.39 is 17.9 Å². The van der Waals surface area contributed by atoms with Crippen molar-refractivity contribution < 1.29 is 18.3 Å². The van der Waals surface area contributed by atoms with Crippen LogP contribution in [0.4, 0.5) is 14.5 Å². The van der Waals surface area contributed by atoms with Crippen molar-refractivity contribution >= 4 is 46.4 Å². The first-order valence-electron chi connectivity index (χ1n) is 4.70. The summed E-state index contributed by atoms with van der Waals surface area (Å²) in [5.41, 5.74) is 0.240. The van der Waals surface area contributed by atoms with E-state index >= 15 is 0 Å². The van der Waals surface area contributed by atoms with E-state index in [9.17, 15) is 13.6 Å². The lowest BCUT2D eigenvalue weighted by Crippen LogP contribution is -2.20. The van der Waals surface area contributed by atoms with Gasteiger partial charge in [-0.25, -0.2) is 0 Å². The van der Waals surface area contributed by atoms with Gasteiger partial charge in [0.05, 0.1) is 10.0 Å². The molecule has 0 bridgehead atoms. The molecule has 0 saturated carbocycles. The number of anilines is 1. The number of nitrogens with one attached hydrogen (secondary N) is 1. The third-order valence-electron chi connectivity index (χ3n) is 1.83. The number of hydrogen-bond donors (Lipinski definition) is 1. The number of alkyl halides is 3. The molecule has 0 radical (unpaired) electrons. The summed E-state index contributed by atoms with van der Waals surface area (Å²) in [6.07, 6.45) is 0. The Balaban J connectivity index is 2.96. The van der Waals surface area contributed by atoms with Crippen molar-refractivity contribution in [1.29, 1.82) is 0 Å². The third kappa shape index (κ3) is 4.15. The van der Waals surface area contributed by atoms with Crippen molar-refractivity contribution in [2.24, 2.45) is 0 Å². The minimum Gasteiger partial charge on any atom is -0.432 e. The molecule has 1 atom stereocenters. The van der Waals surface area contributed by atoms with Gasteiger partial charge < -0.3 is 10.1 Å². The van der Waals surface area contributed by atoms with Gasteiger partial charge in [0.25, 0.3) is 0 Å². The number of carbonyl (C=O) groups is 1. The summed E-state index contributed by atoms with van der Waals surface area (Å²) in [6.45, 7) is -1.56. The molecule has 1 aromatic carbocycles. The minimum atomic E-state index is -3.04. The summed E-state index contributed by atoms with van der Waals surface area (Å²) in [4.78, 5) is 11.3. The number of carbonyl (C=O) groups excluding carboxylic acids is 1. The van der Waals surface area contributed by atoms with Crippen molar-refractivity contribution in [1.82, 2.24) is 0 Å². The van der Waals surface area contributed by atoms with E-state index in [1.807, 2.05) is 0 Å². The zero-order chi connectivity index (χ0) is 13.9. The molecule has 0 heterocycles. The second-order valence-corrected chi connectivity index (χ2v) is 4.72. The SMILES string of the molecule is CC(Cl)C(=O)Nc1cc(Cl)c(OC(F)F)c(Cl)c1. The molecule has 1 aromatic rings. The molecule has 0 aliphatic carbocycles. The molecule has 0 aliphatic rings. The van der Waals surface area contributed by atoms with E-state index in [0.717, 1.165) is 0 Å². The van der Waals surface area contributed by atoms with Crippen LogP contribution in [0.1, 0.15) is 6.92 Å². The lowest BCUT2D eigenvalue weighted by molar-refractivity contribution is -0.115. The molecule has 3 nitrogen and oxygen atoms in total. The van der Waals surface area contributed by atoms with Gasteiger partial charge in [0.15, 0.2) is 5.75 Å². The van der Waals surface area contributed by atoms with Crippen molar-refractivity contribution in [3.05, 3.63) is 22.2 Å². The predicted molar refractivity (Wildman–Crippen MR) is 67.0 cm³/mol. The van der Waals surface area contributed by atoms with Gasteiger partial charge in [-0.15, -0.1) is 11.6 Å². The highest BCUT2D eigenvalue weighted by Crippen LogP contribution is 2.37. The number of amides is 1. The summed E-state index contributed by atoms with van der Waals surface area (Å²) < 4.78 is 28.3. The van der Waals surface area contributed by atoms with E-state index in [-0.39, 0.29) is 21.5 Å². The van der Waals surface area contributed by atoms with Crippen molar-refractivity contribution in [3.63, 3.8) is 0 Å². The molecule has 1 rings (SSSR count). The summed E-state index contributed by atoms with van der Waals surface area (Å²) in [5.74, 6) is -0.809. The van der Waals surface area contributed by atoms with Crippen LogP contribution in [0.2, 0.25) is 10.0 Å². The van der Waals surface area contributed by atoms with Gasteiger partial charge >= 0.3 is 6.61 Å². The third-order valence-corrected chi connectivity index (χ3v) is 2.59. The summed E-state index contributed by atoms with van der Waals surface area (Å²) in [6, 6.07) is 2.48. The van der Waals surface area contributed by atoms with Crippen LogP contribution < -0.4 is 10.1 Å². The molecule has 1 N–H and O–H groups in total. The standard InChI is InChI=1S/C10H8Cl3F2NO2/c1-4(11)9(17)16-5-2-6(12)8(7(13)3-5)18-10(14)15/h2-4,10H,1H3,(H,16,17). The average Bonchev–Trinajstić information content (AvgIpc) is 2.23. The fourth-order valence-corrected chi connectivity index (χ4v) is 1.71. The molecule has 0 aliphatic heterocycles. The van der Waals surface area contributed by atoms with Gasteiger partial charge in [0.2, 0.25) is 5.91 Å². The quantitative estimate of drug-likeness (QED) is 0.847. The maximum absolute atomic E-state index is 12.1. The van der Waals surface area contributed by atoms with Crippen LogP contribution in [0.5, 0.6) is 5.75 Å². The van der Waals surface area contributed by atoms with Crippen molar-refractivity contribution in [2.75, 3.05) is 5.32 Å². The smallest absolute Gasteiger partial charge is 0.387 e. The Morgan fingerprint density at radius 2 is 1.83 bits per heavy atom. The number of rotatable bonds is 4. The Morgan fingerprint density at radius 3 is 2.22 bits per heavy atom. The Labute approximate surface area is 117 Å². The molecule has 0 spiro atoms. The van der Waals surface area contributed by atoms with Gasteiger partial charge in [0, 0.05) is 5.69 Å². The van der Waals surface area contributed by atoms with Crippen LogP contribution in [0.15, 0.2) is 12.1 Å². The van der Waals surface area contributed by atoms with Crippen LogP contribution in [0.25, 0.3) is 0 Å². The first kappa shape index (κ1) is 15.3. The van der Waals surface area contributed by atoms with Gasteiger partial charge in [-0.05, 0) is 19.1 Å². The maximum Gasteiger partial charge on any atom is 0.387 e. The van der Waals surface area contributed by atoms with Crippen LogP contribution in [0, 0.1) is 0 Å². The Hall–Kier alpha value is -0.780. The highest BCUT2D eigenvalue weighted by atomic mass is 35.5. The van der Waals surface area contributed by atoms with Gasteiger partial charge in [-0.2, -0.15) is 8.78 Å². The fraction of sp³-hybridized carbons (Fsp3) is 0.300. The molecule has 0 saturated heterocycles. The highest BCUT2D eigenvalue weighted by Gasteiger charge is 2.16. The summed E-state index contributed by atoms with van der Waals surface area (Å²) in [7, 11) is 0. The van der Waals surface area contributed by atoms with Crippen molar-refractivity contribution in [3.8, 4) is 5.75 Å². The van der Waals surface area contributed by atoms with Crippen LogP contribution in [-0.2, 0) is 4.79 Å². The highest BCUT2D eigenvalue weighted by molar-refractivity contribution is 6.38. The lowest BCUT2D eigenvalue weighted by atomic mass is 10.3. The fourth-order valence-electron chi connectivity index (χ4n) is 1.08.